The van der Waals surface area contributed by atoms with E-state index in [4.69, 9.17) is 18.0 Å². The highest BCUT2D eigenvalue weighted by Crippen LogP contribution is 2.27. The molecule has 0 unspecified atom stereocenters. The first-order valence-electron chi connectivity index (χ1n) is 6.59. The number of aryl methyl sites for hydroxylation is 2. The molecule has 6 heteroatoms. The molecule has 0 aromatic carbocycles. The Morgan fingerprint density at radius 2 is 2.15 bits per heavy atom. The molecule has 104 valence electrons. The Hall–Kier alpha value is -1.95. The first-order valence-corrected chi connectivity index (χ1v) is 7.00. The van der Waals surface area contributed by atoms with Gasteiger partial charge in [0, 0.05) is 36.9 Å². The monoisotopic (exact) mass is 287 g/mol. The van der Waals surface area contributed by atoms with Gasteiger partial charge in [0.1, 0.15) is 10.8 Å². The molecular formula is C14H17N5S. The van der Waals surface area contributed by atoms with E-state index in [2.05, 4.69) is 25.5 Å². The van der Waals surface area contributed by atoms with E-state index in [1.165, 1.54) is 0 Å². The molecule has 0 saturated carbocycles. The summed E-state index contributed by atoms with van der Waals surface area (Å²) < 4.78 is 2.18. The lowest BCUT2D eigenvalue weighted by molar-refractivity contribution is 0.559. The first-order chi connectivity index (χ1) is 9.56. The Morgan fingerprint density at radius 3 is 2.90 bits per heavy atom. The van der Waals surface area contributed by atoms with E-state index < -0.39 is 0 Å². The highest BCUT2D eigenvalue weighted by molar-refractivity contribution is 7.80. The minimum Gasteiger partial charge on any atom is -0.389 e. The number of aromatic nitrogens is 3. The maximum atomic E-state index is 5.89. The summed E-state index contributed by atoms with van der Waals surface area (Å²) in [5, 5.41) is 0. The summed E-state index contributed by atoms with van der Waals surface area (Å²) in [6.07, 6.45) is 3.86. The van der Waals surface area contributed by atoms with Crippen molar-refractivity contribution >= 4 is 22.9 Å². The van der Waals surface area contributed by atoms with Crippen LogP contribution in [0.15, 0.2) is 18.5 Å². The molecule has 5 nitrogen and oxygen atoms in total. The van der Waals surface area contributed by atoms with Crippen LogP contribution in [-0.2, 0) is 13.1 Å². The average Bonchev–Trinajstić information content (AvgIpc) is 2.84. The molecule has 0 amide bonds. The highest BCUT2D eigenvalue weighted by atomic mass is 32.1. The van der Waals surface area contributed by atoms with Gasteiger partial charge < -0.3 is 15.2 Å². The zero-order chi connectivity index (χ0) is 14.3. The molecule has 3 rings (SSSR count). The molecule has 1 aliphatic heterocycles. The van der Waals surface area contributed by atoms with Gasteiger partial charge in [0.05, 0.1) is 17.8 Å². The number of hydrogen-bond acceptors (Lipinski definition) is 4. The summed E-state index contributed by atoms with van der Waals surface area (Å²) in [5.41, 5.74) is 9.71. The lowest BCUT2D eigenvalue weighted by Gasteiger charge is -2.31. The Morgan fingerprint density at radius 1 is 1.35 bits per heavy atom. The van der Waals surface area contributed by atoms with Crippen LogP contribution in [0.25, 0.3) is 0 Å². The number of fused-ring (bicyclic) bond motifs is 1. The van der Waals surface area contributed by atoms with Crippen molar-refractivity contribution in [2.75, 3.05) is 11.4 Å². The molecule has 2 aromatic heterocycles. The Labute approximate surface area is 123 Å². The van der Waals surface area contributed by atoms with Crippen molar-refractivity contribution in [2.45, 2.75) is 26.9 Å². The summed E-state index contributed by atoms with van der Waals surface area (Å²) >= 11 is 5.20. The van der Waals surface area contributed by atoms with Gasteiger partial charge in [-0.2, -0.15) is 0 Å². The van der Waals surface area contributed by atoms with Crippen LogP contribution in [0, 0.1) is 13.8 Å². The van der Waals surface area contributed by atoms with Gasteiger partial charge in [0.2, 0.25) is 0 Å². The van der Waals surface area contributed by atoms with Crippen LogP contribution < -0.4 is 10.6 Å². The highest BCUT2D eigenvalue weighted by Gasteiger charge is 2.21. The molecule has 3 heterocycles. The van der Waals surface area contributed by atoms with E-state index in [1.807, 2.05) is 26.2 Å². The van der Waals surface area contributed by atoms with Crippen molar-refractivity contribution in [1.82, 2.24) is 14.5 Å². The minimum atomic E-state index is 0.402. The van der Waals surface area contributed by atoms with Crippen LogP contribution >= 0.6 is 12.2 Å². The lowest BCUT2D eigenvalue weighted by Crippen LogP contribution is -2.35. The number of rotatable bonds is 2. The van der Waals surface area contributed by atoms with Crippen molar-refractivity contribution in [3.8, 4) is 0 Å². The fourth-order valence-corrected chi connectivity index (χ4v) is 2.99. The quantitative estimate of drug-likeness (QED) is 0.849. The van der Waals surface area contributed by atoms with Gasteiger partial charge in [-0.15, -0.1) is 0 Å². The summed E-state index contributed by atoms with van der Waals surface area (Å²) in [6.45, 7) is 6.56. The maximum absolute atomic E-state index is 5.89. The zero-order valence-electron chi connectivity index (χ0n) is 11.6. The molecule has 0 bridgehead atoms. The fraction of sp³-hybridized carbons (Fsp3) is 0.357. The van der Waals surface area contributed by atoms with Gasteiger partial charge in [-0.1, -0.05) is 12.2 Å². The van der Waals surface area contributed by atoms with E-state index in [0.717, 1.165) is 48.1 Å². The zero-order valence-corrected chi connectivity index (χ0v) is 12.4. The molecule has 2 aromatic rings. The van der Waals surface area contributed by atoms with Crippen molar-refractivity contribution in [3.63, 3.8) is 0 Å². The third kappa shape index (κ3) is 2.16. The molecule has 1 aliphatic rings. The second-order valence-electron chi connectivity index (χ2n) is 5.07. The smallest absolute Gasteiger partial charge is 0.128 e. The normalized spacial score (nSPS) is 14.2. The van der Waals surface area contributed by atoms with Gasteiger partial charge in [-0.25, -0.2) is 4.98 Å². The van der Waals surface area contributed by atoms with Gasteiger partial charge in [-0.3, -0.25) is 4.98 Å². The Bertz CT molecular complexity index is 676. The number of nitrogens with two attached hydrogens (primary N) is 1. The minimum absolute atomic E-state index is 0.402. The third-order valence-electron chi connectivity index (χ3n) is 3.64. The van der Waals surface area contributed by atoms with E-state index in [0.29, 0.717) is 4.99 Å². The average molecular weight is 287 g/mol. The third-order valence-corrected chi connectivity index (χ3v) is 3.84. The van der Waals surface area contributed by atoms with Gasteiger partial charge in [-0.05, 0) is 19.9 Å². The van der Waals surface area contributed by atoms with Crippen LogP contribution in [0.4, 0.5) is 5.69 Å². The van der Waals surface area contributed by atoms with Crippen LogP contribution in [-0.4, -0.2) is 26.1 Å². The summed E-state index contributed by atoms with van der Waals surface area (Å²) in [5.74, 6) is 1.07. The molecule has 2 N–H and O–H groups in total. The lowest BCUT2D eigenvalue weighted by atomic mass is 10.1. The second-order valence-corrected chi connectivity index (χ2v) is 5.51. The summed E-state index contributed by atoms with van der Waals surface area (Å²) in [4.78, 5) is 11.5. The maximum Gasteiger partial charge on any atom is 0.128 e. The topological polar surface area (TPSA) is 60.0 Å². The van der Waals surface area contributed by atoms with Crippen molar-refractivity contribution in [1.29, 1.82) is 0 Å². The van der Waals surface area contributed by atoms with Crippen molar-refractivity contribution in [3.05, 3.63) is 41.2 Å². The van der Waals surface area contributed by atoms with Crippen molar-refractivity contribution in [2.24, 2.45) is 5.73 Å². The molecule has 0 saturated heterocycles. The molecule has 0 atom stereocenters. The first kappa shape index (κ1) is 13.1. The fourth-order valence-electron chi connectivity index (χ4n) is 2.74. The molecule has 0 spiro atoms. The van der Waals surface area contributed by atoms with E-state index in [1.54, 1.807) is 0 Å². The second kappa shape index (κ2) is 4.86. The van der Waals surface area contributed by atoms with E-state index in [-0.39, 0.29) is 0 Å². The number of nitrogens with zero attached hydrogens (tertiary/aromatic N) is 4. The number of imidazole rings is 1. The standard InChI is InChI=1S/C14H17N5S/c1-9-7-11(13(14(15)20)10(2)17-9)19-6-5-18-4-3-16-12(18)8-19/h3-4,7H,5-6,8H2,1-2H3,(H2,15,20). The van der Waals surface area contributed by atoms with Gasteiger partial charge in [0.15, 0.2) is 0 Å². The number of anilines is 1. The predicted molar refractivity (Wildman–Crippen MR) is 82.9 cm³/mol. The molecule has 20 heavy (non-hydrogen) atoms. The SMILES string of the molecule is Cc1cc(N2CCn3ccnc3C2)c(C(N)=S)c(C)n1. The number of thiocarbonyl (C=S) groups is 1. The number of pyridine rings is 1. The van der Waals surface area contributed by atoms with Crippen LogP contribution in [0.3, 0.4) is 0 Å². The molecule has 0 fully saturated rings. The van der Waals surface area contributed by atoms with Crippen LogP contribution in [0.5, 0.6) is 0 Å². The van der Waals surface area contributed by atoms with Crippen LogP contribution in [0.1, 0.15) is 22.8 Å². The van der Waals surface area contributed by atoms with Crippen molar-refractivity contribution < 1.29 is 0 Å². The molecule has 0 radical (unpaired) electrons. The van der Waals surface area contributed by atoms with E-state index >= 15 is 0 Å². The van der Waals surface area contributed by atoms with Crippen LogP contribution in [0.2, 0.25) is 0 Å². The summed E-state index contributed by atoms with van der Waals surface area (Å²) in [6, 6.07) is 2.06. The van der Waals surface area contributed by atoms with Gasteiger partial charge in [0.25, 0.3) is 0 Å². The largest absolute Gasteiger partial charge is 0.389 e. The molecule has 0 aliphatic carbocycles. The Kier molecular flexibility index (Phi) is 3.17. The van der Waals surface area contributed by atoms with E-state index in [9.17, 15) is 0 Å². The summed E-state index contributed by atoms with van der Waals surface area (Å²) in [7, 11) is 0. The Balaban J connectivity index is 2.05. The van der Waals surface area contributed by atoms with Gasteiger partial charge >= 0.3 is 0 Å². The molecular weight excluding hydrogens is 270 g/mol. The predicted octanol–water partition coefficient (Wildman–Crippen LogP) is 1.55. The number of hydrogen-bond donors (Lipinski definition) is 1.